The van der Waals surface area contributed by atoms with Crippen LogP contribution in [0.1, 0.15) is 36.8 Å². The Morgan fingerprint density at radius 1 is 1.16 bits per heavy atom. The van der Waals surface area contributed by atoms with Crippen molar-refractivity contribution in [1.82, 2.24) is 4.98 Å². The lowest BCUT2D eigenvalue weighted by Crippen LogP contribution is -2.07. The lowest BCUT2D eigenvalue weighted by Gasteiger charge is -2.14. The highest BCUT2D eigenvalue weighted by atomic mass is 16.5. The van der Waals surface area contributed by atoms with E-state index in [4.69, 9.17) is 4.74 Å². The minimum Gasteiger partial charge on any atom is -0.491 e. The zero-order valence-electron chi connectivity index (χ0n) is 11.5. The zero-order chi connectivity index (χ0) is 13.8. The number of ether oxygens (including phenoxy) is 1. The van der Waals surface area contributed by atoms with Crippen LogP contribution in [0.3, 0.4) is 0 Å². The molecule has 2 aromatic rings. The van der Waals surface area contributed by atoms with Crippen molar-refractivity contribution < 1.29 is 9.84 Å². The summed E-state index contributed by atoms with van der Waals surface area (Å²) in [6.07, 6.45) is 1.15. The third-order valence-electron chi connectivity index (χ3n) is 2.76. The van der Waals surface area contributed by atoms with Crippen LogP contribution in [0.5, 0.6) is 5.75 Å². The first kappa shape index (κ1) is 13.6. The standard InChI is InChI=1S/C16H19NO2/c1-11(2)19-14-6-4-5-13(9-14)16(18)15-8-7-12(3)10-17-15/h4-11,16,18H,1-3H3. The SMILES string of the molecule is Cc1ccc(C(O)c2cccc(OC(C)C)c2)nc1. The molecule has 3 heteroatoms. The molecule has 1 aromatic carbocycles. The highest BCUT2D eigenvalue weighted by Gasteiger charge is 2.12. The average molecular weight is 257 g/mol. The van der Waals surface area contributed by atoms with E-state index >= 15 is 0 Å². The molecule has 0 saturated carbocycles. The predicted octanol–water partition coefficient (Wildman–Crippen LogP) is 3.26. The van der Waals surface area contributed by atoms with Crippen LogP contribution in [-0.4, -0.2) is 16.2 Å². The number of rotatable bonds is 4. The van der Waals surface area contributed by atoms with E-state index in [-0.39, 0.29) is 6.10 Å². The van der Waals surface area contributed by atoms with E-state index in [0.29, 0.717) is 5.69 Å². The van der Waals surface area contributed by atoms with Gasteiger partial charge >= 0.3 is 0 Å². The predicted molar refractivity (Wildman–Crippen MR) is 75.2 cm³/mol. The van der Waals surface area contributed by atoms with Gasteiger partial charge in [0.2, 0.25) is 0 Å². The zero-order valence-corrected chi connectivity index (χ0v) is 11.5. The molecule has 1 unspecified atom stereocenters. The number of hydrogen-bond donors (Lipinski definition) is 1. The average Bonchev–Trinajstić information content (AvgIpc) is 2.38. The maximum Gasteiger partial charge on any atom is 0.121 e. The van der Waals surface area contributed by atoms with Crippen molar-refractivity contribution in [2.75, 3.05) is 0 Å². The number of benzene rings is 1. The van der Waals surface area contributed by atoms with Gasteiger partial charge < -0.3 is 9.84 Å². The fourth-order valence-corrected chi connectivity index (χ4v) is 1.84. The topological polar surface area (TPSA) is 42.4 Å². The normalized spacial score (nSPS) is 12.5. The van der Waals surface area contributed by atoms with Crippen molar-refractivity contribution in [2.45, 2.75) is 33.0 Å². The van der Waals surface area contributed by atoms with Crippen LogP contribution in [0, 0.1) is 6.92 Å². The summed E-state index contributed by atoms with van der Waals surface area (Å²) < 4.78 is 5.63. The van der Waals surface area contributed by atoms with Gasteiger partial charge in [0.1, 0.15) is 11.9 Å². The molecule has 3 nitrogen and oxygen atoms in total. The van der Waals surface area contributed by atoms with Gasteiger partial charge in [0.05, 0.1) is 11.8 Å². The molecule has 19 heavy (non-hydrogen) atoms. The Morgan fingerprint density at radius 2 is 1.95 bits per heavy atom. The molecule has 1 atom stereocenters. The molecule has 0 aliphatic rings. The van der Waals surface area contributed by atoms with E-state index in [0.717, 1.165) is 16.9 Å². The molecule has 0 bridgehead atoms. The van der Waals surface area contributed by atoms with Crippen LogP contribution >= 0.6 is 0 Å². The molecule has 1 heterocycles. The molecule has 100 valence electrons. The van der Waals surface area contributed by atoms with Gasteiger partial charge in [-0.15, -0.1) is 0 Å². The van der Waals surface area contributed by atoms with E-state index in [1.54, 1.807) is 6.20 Å². The molecular formula is C16H19NO2. The number of aromatic nitrogens is 1. The van der Waals surface area contributed by atoms with Crippen molar-refractivity contribution in [3.63, 3.8) is 0 Å². The fraction of sp³-hybridized carbons (Fsp3) is 0.312. The summed E-state index contributed by atoms with van der Waals surface area (Å²) in [5, 5.41) is 10.3. The maximum absolute atomic E-state index is 10.3. The van der Waals surface area contributed by atoms with Crippen LogP contribution in [0.25, 0.3) is 0 Å². The van der Waals surface area contributed by atoms with Crippen molar-refractivity contribution in [1.29, 1.82) is 0 Å². The number of nitrogens with zero attached hydrogens (tertiary/aromatic N) is 1. The minimum atomic E-state index is -0.726. The molecule has 0 aliphatic heterocycles. The number of aliphatic hydroxyl groups is 1. The molecule has 0 amide bonds. The molecule has 2 rings (SSSR count). The summed E-state index contributed by atoms with van der Waals surface area (Å²) in [7, 11) is 0. The van der Waals surface area contributed by atoms with Gasteiger partial charge in [0.15, 0.2) is 0 Å². The largest absolute Gasteiger partial charge is 0.491 e. The first-order valence-corrected chi connectivity index (χ1v) is 6.43. The van der Waals surface area contributed by atoms with E-state index in [2.05, 4.69) is 4.98 Å². The van der Waals surface area contributed by atoms with Crippen LogP contribution in [0.15, 0.2) is 42.6 Å². The molecule has 0 radical (unpaired) electrons. The van der Waals surface area contributed by atoms with Gasteiger partial charge in [0, 0.05) is 6.20 Å². The summed E-state index contributed by atoms with van der Waals surface area (Å²) >= 11 is 0. The summed E-state index contributed by atoms with van der Waals surface area (Å²) in [5.74, 6) is 0.763. The number of hydrogen-bond acceptors (Lipinski definition) is 3. The number of aliphatic hydroxyl groups excluding tert-OH is 1. The summed E-state index contributed by atoms with van der Waals surface area (Å²) in [4.78, 5) is 4.25. The van der Waals surface area contributed by atoms with Gasteiger partial charge in [0.25, 0.3) is 0 Å². The highest BCUT2D eigenvalue weighted by molar-refractivity contribution is 5.33. The van der Waals surface area contributed by atoms with Gasteiger partial charge in [-0.05, 0) is 50.1 Å². The van der Waals surface area contributed by atoms with Crippen molar-refractivity contribution in [2.24, 2.45) is 0 Å². The van der Waals surface area contributed by atoms with E-state index < -0.39 is 6.10 Å². The van der Waals surface area contributed by atoms with Gasteiger partial charge in [-0.25, -0.2) is 0 Å². The number of aryl methyl sites for hydroxylation is 1. The monoisotopic (exact) mass is 257 g/mol. The third kappa shape index (κ3) is 3.55. The van der Waals surface area contributed by atoms with E-state index in [1.807, 2.05) is 57.2 Å². The van der Waals surface area contributed by atoms with Crippen molar-refractivity contribution >= 4 is 0 Å². The Labute approximate surface area is 113 Å². The third-order valence-corrected chi connectivity index (χ3v) is 2.76. The van der Waals surface area contributed by atoms with E-state index in [9.17, 15) is 5.11 Å². The van der Waals surface area contributed by atoms with Crippen LogP contribution in [0.4, 0.5) is 0 Å². The summed E-state index contributed by atoms with van der Waals surface area (Å²) in [6.45, 7) is 5.93. The van der Waals surface area contributed by atoms with Crippen molar-refractivity contribution in [3.05, 3.63) is 59.4 Å². The molecule has 0 spiro atoms. The van der Waals surface area contributed by atoms with Gasteiger partial charge in [-0.1, -0.05) is 18.2 Å². The number of pyridine rings is 1. The van der Waals surface area contributed by atoms with Gasteiger partial charge in [-0.3, -0.25) is 4.98 Å². The lowest BCUT2D eigenvalue weighted by atomic mass is 10.1. The van der Waals surface area contributed by atoms with Crippen LogP contribution in [-0.2, 0) is 0 Å². The second-order valence-electron chi connectivity index (χ2n) is 4.90. The Balaban J connectivity index is 2.23. The summed E-state index contributed by atoms with van der Waals surface area (Å²) in [5.41, 5.74) is 2.51. The van der Waals surface area contributed by atoms with Gasteiger partial charge in [-0.2, -0.15) is 0 Å². The highest BCUT2D eigenvalue weighted by Crippen LogP contribution is 2.24. The molecule has 0 fully saturated rings. The van der Waals surface area contributed by atoms with Crippen LogP contribution < -0.4 is 4.74 Å². The lowest BCUT2D eigenvalue weighted by molar-refractivity contribution is 0.212. The Bertz CT molecular complexity index is 535. The quantitative estimate of drug-likeness (QED) is 0.914. The second kappa shape index (κ2) is 5.85. The Kier molecular flexibility index (Phi) is 4.17. The van der Waals surface area contributed by atoms with Crippen molar-refractivity contribution in [3.8, 4) is 5.75 Å². The maximum atomic E-state index is 10.3. The first-order valence-electron chi connectivity index (χ1n) is 6.43. The Hall–Kier alpha value is -1.87. The molecule has 0 saturated heterocycles. The molecule has 1 N–H and O–H groups in total. The molecule has 1 aromatic heterocycles. The minimum absolute atomic E-state index is 0.116. The smallest absolute Gasteiger partial charge is 0.121 e. The fourth-order valence-electron chi connectivity index (χ4n) is 1.84. The first-order chi connectivity index (χ1) is 9.06. The molecular weight excluding hydrogens is 238 g/mol. The Morgan fingerprint density at radius 3 is 2.58 bits per heavy atom. The van der Waals surface area contributed by atoms with E-state index in [1.165, 1.54) is 0 Å². The second-order valence-corrected chi connectivity index (χ2v) is 4.90. The van der Waals surface area contributed by atoms with Crippen LogP contribution in [0.2, 0.25) is 0 Å². The summed E-state index contributed by atoms with van der Waals surface area (Å²) in [6, 6.07) is 11.3. The molecule has 0 aliphatic carbocycles.